The zero-order valence-electron chi connectivity index (χ0n) is 6.53. The SMILES string of the molecule is COc1ccccc1[S@](C)=O. The van der Waals surface area contributed by atoms with Crippen molar-refractivity contribution in [3.8, 4) is 5.75 Å². The molecule has 1 aromatic rings. The number of hydrogen-bond acceptors (Lipinski definition) is 2. The summed E-state index contributed by atoms with van der Waals surface area (Å²) in [5.41, 5.74) is 0. The molecule has 0 amide bonds. The first-order chi connectivity index (χ1) is 5.25. The van der Waals surface area contributed by atoms with Gasteiger partial charge in [-0.15, -0.1) is 0 Å². The lowest BCUT2D eigenvalue weighted by atomic mass is 10.3. The molecule has 0 fully saturated rings. The first-order valence-electron chi connectivity index (χ1n) is 3.22. The van der Waals surface area contributed by atoms with E-state index in [1.807, 2.05) is 12.1 Å². The summed E-state index contributed by atoms with van der Waals surface area (Å²) in [5, 5.41) is 0. The molecule has 3 heteroatoms. The molecular formula is C8H10O2S. The lowest BCUT2D eigenvalue weighted by Gasteiger charge is -2.03. The topological polar surface area (TPSA) is 26.3 Å². The van der Waals surface area contributed by atoms with E-state index in [0.29, 0.717) is 5.75 Å². The Morgan fingerprint density at radius 1 is 1.36 bits per heavy atom. The number of benzene rings is 1. The molecule has 0 aliphatic carbocycles. The van der Waals surface area contributed by atoms with Crippen molar-refractivity contribution in [2.45, 2.75) is 4.90 Å². The second-order valence-electron chi connectivity index (χ2n) is 2.10. The van der Waals surface area contributed by atoms with Gasteiger partial charge < -0.3 is 4.74 Å². The standard InChI is InChI=1S/C8H10O2S/c1-10-7-5-3-4-6-8(7)11(2)9/h3-6H,1-2H3/t11-/m0/s1. The fourth-order valence-electron chi connectivity index (χ4n) is 0.856. The van der Waals surface area contributed by atoms with Gasteiger partial charge in [0.2, 0.25) is 0 Å². The highest BCUT2D eigenvalue weighted by atomic mass is 32.2. The fraction of sp³-hybridized carbons (Fsp3) is 0.250. The smallest absolute Gasteiger partial charge is 0.134 e. The van der Waals surface area contributed by atoms with Crippen molar-refractivity contribution in [1.29, 1.82) is 0 Å². The zero-order chi connectivity index (χ0) is 8.27. The van der Waals surface area contributed by atoms with Gasteiger partial charge in [0, 0.05) is 6.26 Å². The van der Waals surface area contributed by atoms with Gasteiger partial charge in [0.1, 0.15) is 5.75 Å². The molecule has 0 N–H and O–H groups in total. The van der Waals surface area contributed by atoms with E-state index in [1.165, 1.54) is 0 Å². The van der Waals surface area contributed by atoms with Gasteiger partial charge in [-0.05, 0) is 12.1 Å². The van der Waals surface area contributed by atoms with Gasteiger partial charge in [-0.3, -0.25) is 4.21 Å². The van der Waals surface area contributed by atoms with Crippen molar-refractivity contribution in [3.05, 3.63) is 24.3 Å². The van der Waals surface area contributed by atoms with E-state index in [1.54, 1.807) is 25.5 Å². The van der Waals surface area contributed by atoms with Crippen LogP contribution in [-0.2, 0) is 10.8 Å². The number of methoxy groups -OCH3 is 1. The molecule has 11 heavy (non-hydrogen) atoms. The summed E-state index contributed by atoms with van der Waals surface area (Å²) in [7, 11) is 0.610. The number of ether oxygens (including phenoxy) is 1. The van der Waals surface area contributed by atoms with Crippen LogP contribution < -0.4 is 4.74 Å². The normalized spacial score (nSPS) is 12.5. The highest BCUT2D eigenvalue weighted by molar-refractivity contribution is 7.84. The van der Waals surface area contributed by atoms with Crippen molar-refractivity contribution >= 4 is 10.8 Å². The first kappa shape index (κ1) is 8.27. The molecule has 1 rings (SSSR count). The Kier molecular flexibility index (Phi) is 2.65. The molecule has 0 heterocycles. The van der Waals surface area contributed by atoms with E-state index in [2.05, 4.69) is 0 Å². The Hall–Kier alpha value is -0.830. The molecule has 0 saturated carbocycles. The second kappa shape index (κ2) is 3.53. The molecular weight excluding hydrogens is 160 g/mol. The van der Waals surface area contributed by atoms with E-state index in [-0.39, 0.29) is 0 Å². The lowest BCUT2D eigenvalue weighted by molar-refractivity contribution is 0.404. The Labute approximate surface area is 68.6 Å². The Balaban J connectivity index is 3.12. The molecule has 0 saturated heterocycles. The van der Waals surface area contributed by atoms with Crippen LogP contribution in [0.2, 0.25) is 0 Å². The van der Waals surface area contributed by atoms with Crippen LogP contribution in [0, 0.1) is 0 Å². The molecule has 0 bridgehead atoms. The van der Waals surface area contributed by atoms with E-state index >= 15 is 0 Å². The largest absolute Gasteiger partial charge is 0.495 e. The van der Waals surface area contributed by atoms with Crippen LogP contribution in [0.3, 0.4) is 0 Å². The Morgan fingerprint density at radius 2 is 2.00 bits per heavy atom. The van der Waals surface area contributed by atoms with Gasteiger partial charge in [-0.2, -0.15) is 0 Å². The summed E-state index contributed by atoms with van der Waals surface area (Å²) in [6.45, 7) is 0. The molecule has 0 aliphatic heterocycles. The predicted molar refractivity (Wildman–Crippen MR) is 45.3 cm³/mol. The average molecular weight is 170 g/mol. The van der Waals surface area contributed by atoms with Crippen LogP contribution in [0.25, 0.3) is 0 Å². The number of para-hydroxylation sites is 1. The van der Waals surface area contributed by atoms with E-state index in [9.17, 15) is 4.21 Å². The third-order valence-electron chi connectivity index (χ3n) is 1.38. The van der Waals surface area contributed by atoms with Crippen molar-refractivity contribution in [1.82, 2.24) is 0 Å². The number of hydrogen-bond donors (Lipinski definition) is 0. The maximum atomic E-state index is 11.1. The van der Waals surface area contributed by atoms with Gasteiger partial charge >= 0.3 is 0 Å². The summed E-state index contributed by atoms with van der Waals surface area (Å²) in [5.74, 6) is 0.688. The number of rotatable bonds is 2. The fourth-order valence-corrected chi connectivity index (χ4v) is 1.56. The van der Waals surface area contributed by atoms with Crippen LogP contribution in [-0.4, -0.2) is 17.6 Å². The van der Waals surface area contributed by atoms with Crippen molar-refractivity contribution in [2.75, 3.05) is 13.4 Å². The van der Waals surface area contributed by atoms with Crippen LogP contribution in [0.15, 0.2) is 29.2 Å². The molecule has 0 spiro atoms. The minimum atomic E-state index is -0.965. The molecule has 1 aromatic carbocycles. The summed E-state index contributed by atoms with van der Waals surface area (Å²) in [4.78, 5) is 0.745. The summed E-state index contributed by atoms with van der Waals surface area (Å²) in [6, 6.07) is 7.31. The maximum Gasteiger partial charge on any atom is 0.134 e. The van der Waals surface area contributed by atoms with Gasteiger partial charge in [-0.25, -0.2) is 0 Å². The van der Waals surface area contributed by atoms with Crippen LogP contribution in [0.1, 0.15) is 0 Å². The van der Waals surface area contributed by atoms with Crippen LogP contribution >= 0.6 is 0 Å². The third kappa shape index (κ3) is 1.80. The summed E-state index contributed by atoms with van der Waals surface area (Å²) in [6.07, 6.45) is 1.64. The first-order valence-corrected chi connectivity index (χ1v) is 4.78. The van der Waals surface area contributed by atoms with Crippen LogP contribution in [0.4, 0.5) is 0 Å². The predicted octanol–water partition coefficient (Wildman–Crippen LogP) is 1.43. The Bertz CT molecular complexity index is 271. The maximum absolute atomic E-state index is 11.1. The van der Waals surface area contributed by atoms with Crippen molar-refractivity contribution < 1.29 is 8.95 Å². The molecule has 2 nitrogen and oxygen atoms in total. The molecule has 60 valence electrons. The van der Waals surface area contributed by atoms with Gasteiger partial charge in [-0.1, -0.05) is 12.1 Å². The third-order valence-corrected chi connectivity index (χ3v) is 2.34. The van der Waals surface area contributed by atoms with Crippen molar-refractivity contribution in [2.24, 2.45) is 0 Å². The highest BCUT2D eigenvalue weighted by Gasteiger charge is 2.03. The highest BCUT2D eigenvalue weighted by Crippen LogP contribution is 2.19. The Morgan fingerprint density at radius 3 is 2.45 bits per heavy atom. The van der Waals surface area contributed by atoms with Crippen LogP contribution in [0.5, 0.6) is 5.75 Å². The summed E-state index contributed by atoms with van der Waals surface area (Å²) >= 11 is 0. The zero-order valence-corrected chi connectivity index (χ0v) is 7.35. The van der Waals surface area contributed by atoms with E-state index in [4.69, 9.17) is 4.74 Å². The van der Waals surface area contributed by atoms with E-state index in [0.717, 1.165) is 4.90 Å². The minimum absolute atomic E-state index is 0.688. The lowest BCUT2D eigenvalue weighted by Crippen LogP contribution is -1.92. The van der Waals surface area contributed by atoms with E-state index < -0.39 is 10.8 Å². The van der Waals surface area contributed by atoms with Gasteiger partial charge in [0.05, 0.1) is 22.8 Å². The van der Waals surface area contributed by atoms with Gasteiger partial charge in [0.25, 0.3) is 0 Å². The second-order valence-corrected chi connectivity index (χ2v) is 3.45. The molecule has 0 aromatic heterocycles. The summed E-state index contributed by atoms with van der Waals surface area (Å²) < 4.78 is 16.1. The van der Waals surface area contributed by atoms with Crippen molar-refractivity contribution in [3.63, 3.8) is 0 Å². The molecule has 0 unspecified atom stereocenters. The monoisotopic (exact) mass is 170 g/mol. The quantitative estimate of drug-likeness (QED) is 0.671. The average Bonchev–Trinajstić information content (AvgIpc) is 2.04. The molecule has 0 aliphatic rings. The van der Waals surface area contributed by atoms with Gasteiger partial charge in [0.15, 0.2) is 0 Å². The minimum Gasteiger partial charge on any atom is -0.495 e. The molecule has 1 atom stereocenters. The molecule has 0 radical (unpaired) electrons.